The zero-order valence-corrected chi connectivity index (χ0v) is 12.6. The van der Waals surface area contributed by atoms with E-state index in [2.05, 4.69) is 12.2 Å². The fourth-order valence-electron chi connectivity index (χ4n) is 3.11. The number of carboxylic acids is 1. The van der Waals surface area contributed by atoms with Crippen molar-refractivity contribution in [1.29, 1.82) is 0 Å². The van der Waals surface area contributed by atoms with Crippen molar-refractivity contribution < 1.29 is 15.0 Å². The van der Waals surface area contributed by atoms with Crippen molar-refractivity contribution in [2.24, 2.45) is 11.8 Å². The largest absolute Gasteiger partial charge is 0.508 e. The summed E-state index contributed by atoms with van der Waals surface area (Å²) in [6.45, 7) is 2.94. The molecule has 1 fully saturated rings. The van der Waals surface area contributed by atoms with E-state index in [9.17, 15) is 15.0 Å². The second-order valence-electron chi connectivity index (χ2n) is 6.15. The van der Waals surface area contributed by atoms with Crippen LogP contribution < -0.4 is 5.32 Å². The predicted octanol–water partition coefficient (Wildman–Crippen LogP) is 2.80. The fraction of sp³-hybridized carbons (Fsp3) is 0.588. The quantitative estimate of drug-likeness (QED) is 0.722. The topological polar surface area (TPSA) is 69.6 Å². The van der Waals surface area contributed by atoms with E-state index in [4.69, 9.17) is 0 Å². The maximum Gasteiger partial charge on any atom is 0.306 e. The summed E-state index contributed by atoms with van der Waals surface area (Å²) < 4.78 is 0. The molecule has 1 aromatic carbocycles. The van der Waals surface area contributed by atoms with Gasteiger partial charge in [0.15, 0.2) is 0 Å². The van der Waals surface area contributed by atoms with E-state index >= 15 is 0 Å². The minimum Gasteiger partial charge on any atom is -0.508 e. The van der Waals surface area contributed by atoms with E-state index in [1.807, 2.05) is 12.1 Å². The molecule has 1 aliphatic rings. The second kappa shape index (κ2) is 7.46. The van der Waals surface area contributed by atoms with Crippen LogP contribution in [0.15, 0.2) is 24.3 Å². The summed E-state index contributed by atoms with van der Waals surface area (Å²) in [5, 5.41) is 21.9. The van der Waals surface area contributed by atoms with Gasteiger partial charge in [-0.2, -0.15) is 0 Å². The summed E-state index contributed by atoms with van der Waals surface area (Å²) in [7, 11) is 0. The lowest BCUT2D eigenvalue weighted by molar-refractivity contribution is -0.142. The van der Waals surface area contributed by atoms with Crippen molar-refractivity contribution in [3.63, 3.8) is 0 Å². The predicted molar refractivity (Wildman–Crippen MR) is 82.4 cm³/mol. The molecule has 4 nitrogen and oxygen atoms in total. The molecule has 0 aromatic heterocycles. The second-order valence-corrected chi connectivity index (χ2v) is 6.15. The van der Waals surface area contributed by atoms with Gasteiger partial charge in [0, 0.05) is 6.04 Å². The first kappa shape index (κ1) is 15.8. The Morgan fingerprint density at radius 3 is 2.71 bits per heavy atom. The van der Waals surface area contributed by atoms with Crippen molar-refractivity contribution in [2.45, 2.75) is 45.1 Å². The molecule has 0 bridgehead atoms. The van der Waals surface area contributed by atoms with Crippen LogP contribution in [0.2, 0.25) is 0 Å². The lowest BCUT2D eigenvalue weighted by atomic mass is 9.95. The zero-order chi connectivity index (χ0) is 15.2. The average Bonchev–Trinajstić information content (AvgIpc) is 2.93. The summed E-state index contributed by atoms with van der Waals surface area (Å²) in [5.74, 6) is -0.234. The first-order valence-corrected chi connectivity index (χ1v) is 7.80. The molecule has 0 radical (unpaired) electrons. The number of hydrogen-bond donors (Lipinski definition) is 3. The SMILES string of the molecule is CC(CCc1ccc(O)cc1)NCC1CCCC1C(=O)O. The summed E-state index contributed by atoms with van der Waals surface area (Å²) >= 11 is 0. The van der Waals surface area contributed by atoms with Crippen LogP contribution >= 0.6 is 0 Å². The van der Waals surface area contributed by atoms with Gasteiger partial charge in [-0.3, -0.25) is 4.79 Å². The average molecular weight is 291 g/mol. The number of aromatic hydroxyl groups is 1. The van der Waals surface area contributed by atoms with E-state index in [0.717, 1.165) is 38.6 Å². The van der Waals surface area contributed by atoms with Gasteiger partial charge in [0.2, 0.25) is 0 Å². The third-order valence-electron chi connectivity index (χ3n) is 4.51. The maximum absolute atomic E-state index is 11.1. The number of carbonyl (C=O) groups is 1. The summed E-state index contributed by atoms with van der Waals surface area (Å²) in [4.78, 5) is 11.1. The Kier molecular flexibility index (Phi) is 5.62. The van der Waals surface area contributed by atoms with E-state index in [1.54, 1.807) is 12.1 Å². The molecule has 0 amide bonds. The van der Waals surface area contributed by atoms with Crippen LogP contribution in [-0.4, -0.2) is 28.8 Å². The zero-order valence-electron chi connectivity index (χ0n) is 12.6. The molecule has 116 valence electrons. The van der Waals surface area contributed by atoms with Gasteiger partial charge in [0.1, 0.15) is 5.75 Å². The highest BCUT2D eigenvalue weighted by molar-refractivity contribution is 5.70. The van der Waals surface area contributed by atoms with Crippen LogP contribution in [0.3, 0.4) is 0 Å². The van der Waals surface area contributed by atoms with E-state index in [0.29, 0.717) is 11.8 Å². The maximum atomic E-state index is 11.1. The molecule has 1 aromatic rings. The Labute approximate surface area is 126 Å². The first-order valence-electron chi connectivity index (χ1n) is 7.80. The van der Waals surface area contributed by atoms with E-state index in [-0.39, 0.29) is 11.8 Å². The van der Waals surface area contributed by atoms with Gasteiger partial charge in [-0.25, -0.2) is 0 Å². The molecule has 4 heteroatoms. The molecule has 0 spiro atoms. The van der Waals surface area contributed by atoms with Crippen LogP contribution in [-0.2, 0) is 11.2 Å². The molecule has 2 rings (SSSR count). The number of aliphatic carboxylic acids is 1. The Balaban J connectivity index is 1.71. The minimum atomic E-state index is -0.643. The van der Waals surface area contributed by atoms with Gasteiger partial charge in [-0.15, -0.1) is 0 Å². The highest BCUT2D eigenvalue weighted by atomic mass is 16.4. The van der Waals surface area contributed by atoms with Crippen molar-refractivity contribution in [1.82, 2.24) is 5.32 Å². The van der Waals surface area contributed by atoms with Crippen LogP contribution in [0.4, 0.5) is 0 Å². The lowest BCUT2D eigenvalue weighted by Gasteiger charge is -2.20. The molecule has 1 saturated carbocycles. The fourth-order valence-corrected chi connectivity index (χ4v) is 3.11. The molecular weight excluding hydrogens is 266 g/mol. The smallest absolute Gasteiger partial charge is 0.306 e. The van der Waals surface area contributed by atoms with Gasteiger partial charge < -0.3 is 15.5 Å². The summed E-state index contributed by atoms with van der Waals surface area (Å²) in [5.41, 5.74) is 1.21. The van der Waals surface area contributed by atoms with Gasteiger partial charge in [-0.1, -0.05) is 18.6 Å². The normalized spacial score (nSPS) is 23.1. The van der Waals surface area contributed by atoms with Crippen molar-refractivity contribution >= 4 is 5.97 Å². The van der Waals surface area contributed by atoms with E-state index in [1.165, 1.54) is 5.56 Å². The highest BCUT2D eigenvalue weighted by Crippen LogP contribution is 2.31. The number of hydrogen-bond acceptors (Lipinski definition) is 3. The molecule has 21 heavy (non-hydrogen) atoms. The van der Waals surface area contributed by atoms with Gasteiger partial charge in [-0.05, 0) is 62.8 Å². The number of rotatable bonds is 7. The van der Waals surface area contributed by atoms with Crippen LogP contribution in [0.25, 0.3) is 0 Å². The van der Waals surface area contributed by atoms with Crippen LogP contribution in [0.1, 0.15) is 38.2 Å². The molecular formula is C17H25NO3. The van der Waals surface area contributed by atoms with Crippen LogP contribution in [0.5, 0.6) is 5.75 Å². The molecule has 1 aliphatic carbocycles. The number of carboxylic acid groups (broad SMARTS) is 1. The van der Waals surface area contributed by atoms with Gasteiger partial charge in [0.05, 0.1) is 5.92 Å². The molecule has 3 N–H and O–H groups in total. The number of phenolic OH excluding ortho intramolecular Hbond substituents is 1. The molecule has 0 heterocycles. The van der Waals surface area contributed by atoms with Crippen LogP contribution in [0, 0.1) is 11.8 Å². The molecule has 3 atom stereocenters. The Hall–Kier alpha value is -1.55. The van der Waals surface area contributed by atoms with Gasteiger partial charge >= 0.3 is 5.97 Å². The summed E-state index contributed by atoms with van der Waals surface area (Å²) in [6, 6.07) is 7.68. The first-order chi connectivity index (χ1) is 10.1. The molecule has 0 saturated heterocycles. The Bertz CT molecular complexity index is 458. The molecule has 0 aliphatic heterocycles. The number of aryl methyl sites for hydroxylation is 1. The summed E-state index contributed by atoms with van der Waals surface area (Å²) in [6.07, 6.45) is 4.85. The van der Waals surface area contributed by atoms with Crippen molar-refractivity contribution in [3.8, 4) is 5.75 Å². The Morgan fingerprint density at radius 2 is 2.05 bits per heavy atom. The molecule has 3 unspecified atom stereocenters. The lowest BCUT2D eigenvalue weighted by Crippen LogP contribution is -2.34. The van der Waals surface area contributed by atoms with Gasteiger partial charge in [0.25, 0.3) is 0 Å². The third kappa shape index (κ3) is 4.74. The standard InChI is InChI=1S/C17H25NO3/c1-12(5-6-13-7-9-15(19)10-8-13)18-11-14-3-2-4-16(14)17(20)21/h7-10,12,14,16,18-19H,2-6,11H2,1H3,(H,20,21). The van der Waals surface area contributed by atoms with Crippen molar-refractivity contribution in [3.05, 3.63) is 29.8 Å². The van der Waals surface area contributed by atoms with Crippen molar-refractivity contribution in [2.75, 3.05) is 6.54 Å². The Morgan fingerprint density at radius 1 is 1.33 bits per heavy atom. The minimum absolute atomic E-state index is 0.165. The highest BCUT2D eigenvalue weighted by Gasteiger charge is 2.32. The third-order valence-corrected chi connectivity index (χ3v) is 4.51. The number of phenols is 1. The monoisotopic (exact) mass is 291 g/mol. The number of nitrogens with one attached hydrogen (secondary N) is 1. The number of benzene rings is 1. The van der Waals surface area contributed by atoms with E-state index < -0.39 is 5.97 Å².